The second-order valence-corrected chi connectivity index (χ2v) is 6.59. The molecule has 17 heavy (non-hydrogen) atoms. The van der Waals surface area contributed by atoms with Gasteiger partial charge in [-0.1, -0.05) is 18.2 Å². The zero-order valence-electron chi connectivity index (χ0n) is 9.75. The first-order chi connectivity index (χ1) is 8.14. The van der Waals surface area contributed by atoms with E-state index in [9.17, 15) is 8.42 Å². The Morgan fingerprint density at radius 2 is 1.76 bits per heavy atom. The van der Waals surface area contributed by atoms with Crippen LogP contribution in [0.4, 0.5) is 0 Å². The maximum atomic E-state index is 12.3. The highest BCUT2D eigenvalue weighted by atomic mass is 32.2. The average molecular weight is 254 g/mol. The van der Waals surface area contributed by atoms with Crippen molar-refractivity contribution in [2.24, 2.45) is 5.73 Å². The molecule has 0 amide bonds. The van der Waals surface area contributed by atoms with Gasteiger partial charge in [-0.05, 0) is 25.0 Å². The highest BCUT2D eigenvalue weighted by Crippen LogP contribution is 2.23. The summed E-state index contributed by atoms with van der Waals surface area (Å²) in [7, 11) is -3.16. The van der Waals surface area contributed by atoms with Gasteiger partial charge in [0.1, 0.15) is 0 Å². The molecule has 1 fully saturated rings. The van der Waals surface area contributed by atoms with E-state index in [4.69, 9.17) is 5.73 Å². The van der Waals surface area contributed by atoms with Gasteiger partial charge >= 0.3 is 0 Å². The molecule has 0 aromatic heterocycles. The monoisotopic (exact) mass is 254 g/mol. The van der Waals surface area contributed by atoms with E-state index in [-0.39, 0.29) is 5.25 Å². The summed E-state index contributed by atoms with van der Waals surface area (Å²) in [6.45, 7) is 2.05. The van der Waals surface area contributed by atoms with Crippen molar-refractivity contribution in [2.45, 2.75) is 23.0 Å². The Morgan fingerprint density at radius 3 is 2.29 bits per heavy atom. The molecule has 2 N–H and O–H groups in total. The Bertz CT molecular complexity index is 451. The Labute approximate surface area is 102 Å². The lowest BCUT2D eigenvalue weighted by Gasteiger charge is -2.30. The van der Waals surface area contributed by atoms with E-state index >= 15 is 0 Å². The largest absolute Gasteiger partial charge is 0.318 e. The van der Waals surface area contributed by atoms with Crippen molar-refractivity contribution in [3.8, 4) is 0 Å². The van der Waals surface area contributed by atoms with Crippen LogP contribution < -0.4 is 5.73 Å². The van der Waals surface area contributed by atoms with Crippen molar-refractivity contribution in [3.05, 3.63) is 30.3 Å². The fourth-order valence-electron chi connectivity index (χ4n) is 2.20. The van der Waals surface area contributed by atoms with Crippen LogP contribution in [0.5, 0.6) is 0 Å². The molecular formula is C12H18N2O2S. The highest BCUT2D eigenvalue weighted by Gasteiger charge is 2.30. The van der Waals surface area contributed by atoms with E-state index in [1.807, 2.05) is 6.07 Å². The number of likely N-dealkylation sites (tertiary alicyclic amines) is 1. The van der Waals surface area contributed by atoms with Crippen LogP contribution >= 0.6 is 0 Å². The minimum atomic E-state index is -3.16. The number of piperidine rings is 1. The van der Waals surface area contributed by atoms with Crippen molar-refractivity contribution in [1.29, 1.82) is 0 Å². The second kappa shape index (κ2) is 5.16. The number of nitrogens with two attached hydrogens (primary N) is 1. The van der Waals surface area contributed by atoms with E-state index in [0.29, 0.717) is 24.4 Å². The number of benzene rings is 1. The van der Waals surface area contributed by atoms with Crippen LogP contribution in [0.15, 0.2) is 35.2 Å². The minimum absolute atomic E-state index is 0.257. The van der Waals surface area contributed by atoms with Gasteiger partial charge in [-0.15, -0.1) is 0 Å². The quantitative estimate of drug-likeness (QED) is 0.868. The summed E-state index contributed by atoms with van der Waals surface area (Å²) in [5.41, 5.74) is 5.55. The van der Waals surface area contributed by atoms with Crippen LogP contribution in [0.1, 0.15) is 12.8 Å². The Balaban J connectivity index is 2.13. The number of sulfone groups is 1. The molecule has 1 aromatic carbocycles. The Hall–Kier alpha value is -0.910. The molecule has 0 aliphatic carbocycles. The van der Waals surface area contributed by atoms with Gasteiger partial charge in [-0.25, -0.2) is 8.42 Å². The fraction of sp³-hybridized carbons (Fsp3) is 0.500. The summed E-state index contributed by atoms with van der Waals surface area (Å²) in [4.78, 5) is 2.52. The minimum Gasteiger partial charge on any atom is -0.318 e. The summed E-state index contributed by atoms with van der Waals surface area (Å²) < 4.78 is 24.7. The molecule has 1 aromatic rings. The van der Waals surface area contributed by atoms with E-state index in [0.717, 1.165) is 13.1 Å². The third-order valence-corrected chi connectivity index (χ3v) is 5.58. The molecule has 94 valence electrons. The zero-order valence-corrected chi connectivity index (χ0v) is 10.6. The van der Waals surface area contributed by atoms with Crippen LogP contribution in [0.3, 0.4) is 0 Å². The lowest BCUT2D eigenvalue weighted by Crippen LogP contribution is -2.41. The normalized spacial score (nSPS) is 19.4. The number of hydrogen-bond donors (Lipinski definition) is 1. The predicted molar refractivity (Wildman–Crippen MR) is 67.3 cm³/mol. The van der Waals surface area contributed by atoms with Gasteiger partial charge in [-0.3, -0.25) is 4.90 Å². The molecule has 0 spiro atoms. The number of nitrogens with zero attached hydrogens (tertiary/aromatic N) is 1. The van der Waals surface area contributed by atoms with E-state index in [1.165, 1.54) is 0 Å². The topological polar surface area (TPSA) is 63.4 Å². The molecular weight excluding hydrogens is 236 g/mol. The fourth-order valence-corrected chi connectivity index (χ4v) is 3.96. The first-order valence-corrected chi connectivity index (χ1v) is 7.40. The molecule has 1 heterocycles. The Kier molecular flexibility index (Phi) is 3.81. The molecule has 0 bridgehead atoms. The average Bonchev–Trinajstić information content (AvgIpc) is 2.40. The molecule has 0 saturated carbocycles. The molecule has 0 atom stereocenters. The highest BCUT2D eigenvalue weighted by molar-refractivity contribution is 7.92. The van der Waals surface area contributed by atoms with Crippen LogP contribution in [0, 0.1) is 0 Å². The molecule has 0 unspecified atom stereocenters. The van der Waals surface area contributed by atoms with Crippen LogP contribution in [-0.2, 0) is 9.84 Å². The molecule has 4 nitrogen and oxygen atoms in total. The van der Waals surface area contributed by atoms with E-state index in [1.54, 1.807) is 24.3 Å². The molecule has 1 saturated heterocycles. The van der Waals surface area contributed by atoms with E-state index < -0.39 is 9.84 Å². The van der Waals surface area contributed by atoms with Gasteiger partial charge in [-0.2, -0.15) is 0 Å². The summed E-state index contributed by atoms with van der Waals surface area (Å²) in [6, 6.07) is 8.70. The first kappa shape index (κ1) is 12.5. The molecule has 1 aliphatic heterocycles. The zero-order chi connectivity index (χ0) is 12.3. The van der Waals surface area contributed by atoms with Gasteiger partial charge in [0.05, 0.1) is 10.1 Å². The van der Waals surface area contributed by atoms with Crippen LogP contribution in [0.25, 0.3) is 0 Å². The van der Waals surface area contributed by atoms with Crippen molar-refractivity contribution >= 4 is 9.84 Å². The third-order valence-electron chi connectivity index (χ3n) is 3.30. The Morgan fingerprint density at radius 1 is 1.18 bits per heavy atom. The van der Waals surface area contributed by atoms with E-state index in [2.05, 4.69) is 4.90 Å². The predicted octanol–water partition coefficient (Wildman–Crippen LogP) is 0.841. The summed E-state index contributed by atoms with van der Waals surface area (Å²) in [5.74, 6) is 0. The second-order valence-electron chi connectivity index (χ2n) is 4.36. The molecule has 1 aliphatic rings. The van der Waals surface area contributed by atoms with Gasteiger partial charge in [0, 0.05) is 19.8 Å². The van der Waals surface area contributed by atoms with Crippen LogP contribution in [-0.4, -0.2) is 38.3 Å². The lowest BCUT2D eigenvalue weighted by molar-refractivity contribution is 0.236. The smallest absolute Gasteiger partial charge is 0.181 e. The summed E-state index contributed by atoms with van der Waals surface area (Å²) in [5, 5.41) is -0.257. The molecule has 0 radical (unpaired) electrons. The molecule has 2 rings (SSSR count). The number of rotatable bonds is 3. The van der Waals surface area contributed by atoms with Gasteiger partial charge in [0.15, 0.2) is 9.84 Å². The first-order valence-electron chi connectivity index (χ1n) is 5.86. The maximum Gasteiger partial charge on any atom is 0.181 e. The van der Waals surface area contributed by atoms with Gasteiger partial charge in [0.2, 0.25) is 0 Å². The van der Waals surface area contributed by atoms with Crippen molar-refractivity contribution in [1.82, 2.24) is 4.90 Å². The number of hydrogen-bond acceptors (Lipinski definition) is 4. The maximum absolute atomic E-state index is 12.3. The summed E-state index contributed by atoms with van der Waals surface area (Å²) in [6.07, 6.45) is 1.35. The summed E-state index contributed by atoms with van der Waals surface area (Å²) >= 11 is 0. The molecule has 5 heteroatoms. The van der Waals surface area contributed by atoms with Gasteiger partial charge < -0.3 is 5.73 Å². The lowest BCUT2D eigenvalue weighted by atomic mass is 10.1. The SMILES string of the molecule is NCN1CCC(S(=O)(=O)c2ccccc2)CC1. The van der Waals surface area contributed by atoms with Crippen molar-refractivity contribution < 1.29 is 8.42 Å². The van der Waals surface area contributed by atoms with Crippen LogP contribution in [0.2, 0.25) is 0 Å². The van der Waals surface area contributed by atoms with Crippen molar-refractivity contribution in [3.63, 3.8) is 0 Å². The van der Waals surface area contributed by atoms with Gasteiger partial charge in [0.25, 0.3) is 0 Å². The third kappa shape index (κ3) is 2.68. The van der Waals surface area contributed by atoms with Crippen molar-refractivity contribution in [2.75, 3.05) is 19.8 Å². The standard InChI is InChI=1S/C12H18N2O2S/c13-10-14-8-6-12(7-9-14)17(15,16)11-4-2-1-3-5-11/h1-5,12H,6-10,13H2.